The Morgan fingerprint density at radius 2 is 1.59 bits per heavy atom. The standard InChI is InChI=1S/C27H26N2O2S/c1-18(2)22-16-10-11-19(3)24(22)28-23(30)17-32-27-29-25(20-12-6-4-7-13-20)26(31-27)21-14-8-5-9-15-21/h4-16,18H,17H2,1-3H3,(H,28,30). The van der Waals surface area contributed by atoms with Crippen LogP contribution in [-0.4, -0.2) is 16.6 Å². The molecule has 0 aliphatic carbocycles. The number of nitrogens with one attached hydrogen (secondary N) is 1. The predicted molar refractivity (Wildman–Crippen MR) is 132 cm³/mol. The molecule has 4 rings (SSSR count). The van der Waals surface area contributed by atoms with Crippen molar-refractivity contribution < 1.29 is 9.21 Å². The van der Waals surface area contributed by atoms with Gasteiger partial charge < -0.3 is 9.73 Å². The maximum Gasteiger partial charge on any atom is 0.257 e. The summed E-state index contributed by atoms with van der Waals surface area (Å²) in [6.45, 7) is 6.27. The van der Waals surface area contributed by atoms with Gasteiger partial charge in [-0.15, -0.1) is 0 Å². The quantitative estimate of drug-likeness (QED) is 0.308. The second kappa shape index (κ2) is 9.88. The molecular formula is C27H26N2O2S. The van der Waals surface area contributed by atoms with Crippen LogP contribution in [0.3, 0.4) is 0 Å². The molecular weight excluding hydrogens is 416 g/mol. The van der Waals surface area contributed by atoms with E-state index < -0.39 is 0 Å². The molecule has 0 bridgehead atoms. The van der Waals surface area contributed by atoms with E-state index in [9.17, 15) is 4.79 Å². The van der Waals surface area contributed by atoms with Gasteiger partial charge in [0.25, 0.3) is 5.22 Å². The lowest BCUT2D eigenvalue weighted by Crippen LogP contribution is -2.16. The zero-order valence-electron chi connectivity index (χ0n) is 18.5. The number of carbonyl (C=O) groups excluding carboxylic acids is 1. The van der Waals surface area contributed by atoms with Gasteiger partial charge in [-0.1, -0.05) is 104 Å². The van der Waals surface area contributed by atoms with Crippen molar-refractivity contribution in [3.8, 4) is 22.6 Å². The van der Waals surface area contributed by atoms with E-state index in [2.05, 4.69) is 25.2 Å². The smallest absolute Gasteiger partial charge is 0.257 e. The number of hydrogen-bond acceptors (Lipinski definition) is 4. The molecule has 0 atom stereocenters. The van der Waals surface area contributed by atoms with Crippen LogP contribution in [0.2, 0.25) is 0 Å². The van der Waals surface area contributed by atoms with Gasteiger partial charge in [0.2, 0.25) is 5.91 Å². The fourth-order valence-electron chi connectivity index (χ4n) is 3.58. The molecule has 1 heterocycles. The van der Waals surface area contributed by atoms with Gasteiger partial charge in [0, 0.05) is 16.8 Å². The molecule has 4 aromatic rings. The third kappa shape index (κ3) is 4.94. The third-order valence-electron chi connectivity index (χ3n) is 5.21. The van der Waals surface area contributed by atoms with Gasteiger partial charge in [-0.3, -0.25) is 4.79 Å². The van der Waals surface area contributed by atoms with Crippen molar-refractivity contribution >= 4 is 23.4 Å². The van der Waals surface area contributed by atoms with Crippen molar-refractivity contribution in [2.75, 3.05) is 11.1 Å². The summed E-state index contributed by atoms with van der Waals surface area (Å²) in [5.41, 5.74) is 5.81. The molecule has 1 N–H and O–H groups in total. The van der Waals surface area contributed by atoms with Crippen LogP contribution in [0, 0.1) is 6.92 Å². The lowest BCUT2D eigenvalue weighted by Gasteiger charge is -2.16. The van der Waals surface area contributed by atoms with Gasteiger partial charge in [-0.25, -0.2) is 4.98 Å². The minimum Gasteiger partial charge on any atom is -0.431 e. The molecule has 0 spiro atoms. The first-order chi connectivity index (χ1) is 15.5. The number of aryl methyl sites for hydroxylation is 1. The van der Waals surface area contributed by atoms with Gasteiger partial charge in [-0.2, -0.15) is 0 Å². The highest BCUT2D eigenvalue weighted by atomic mass is 32.2. The molecule has 1 aromatic heterocycles. The van der Waals surface area contributed by atoms with Crippen LogP contribution in [0.1, 0.15) is 30.9 Å². The molecule has 0 unspecified atom stereocenters. The average Bonchev–Trinajstić information content (AvgIpc) is 3.24. The Labute approximate surface area is 193 Å². The predicted octanol–water partition coefficient (Wildman–Crippen LogP) is 7.17. The van der Waals surface area contributed by atoms with E-state index in [0.29, 0.717) is 16.9 Å². The van der Waals surface area contributed by atoms with E-state index >= 15 is 0 Å². The van der Waals surface area contributed by atoms with Gasteiger partial charge in [0.15, 0.2) is 5.76 Å². The molecule has 0 aliphatic heterocycles. The number of aromatic nitrogens is 1. The number of benzene rings is 3. The summed E-state index contributed by atoms with van der Waals surface area (Å²) in [6.07, 6.45) is 0. The van der Waals surface area contributed by atoms with Gasteiger partial charge in [0.05, 0.1) is 5.75 Å². The Balaban J connectivity index is 1.55. The van der Waals surface area contributed by atoms with Crippen LogP contribution in [0.15, 0.2) is 88.5 Å². The first-order valence-electron chi connectivity index (χ1n) is 10.7. The van der Waals surface area contributed by atoms with Crippen LogP contribution >= 0.6 is 11.8 Å². The monoisotopic (exact) mass is 442 g/mol. The first-order valence-corrected chi connectivity index (χ1v) is 11.7. The van der Waals surface area contributed by atoms with Crippen molar-refractivity contribution in [3.05, 3.63) is 90.0 Å². The molecule has 0 fully saturated rings. The summed E-state index contributed by atoms with van der Waals surface area (Å²) in [6, 6.07) is 26.0. The molecule has 162 valence electrons. The molecule has 3 aromatic carbocycles. The van der Waals surface area contributed by atoms with Gasteiger partial charge >= 0.3 is 0 Å². The number of anilines is 1. The van der Waals surface area contributed by atoms with Crippen LogP contribution in [0.5, 0.6) is 0 Å². The van der Waals surface area contributed by atoms with E-state index in [0.717, 1.165) is 33.6 Å². The second-order valence-corrected chi connectivity index (χ2v) is 8.85. The number of carbonyl (C=O) groups is 1. The summed E-state index contributed by atoms with van der Waals surface area (Å²) >= 11 is 1.30. The van der Waals surface area contributed by atoms with Crippen LogP contribution < -0.4 is 5.32 Å². The van der Waals surface area contributed by atoms with Crippen molar-refractivity contribution in [2.24, 2.45) is 0 Å². The summed E-state index contributed by atoms with van der Waals surface area (Å²) in [7, 11) is 0. The zero-order valence-corrected chi connectivity index (χ0v) is 19.3. The highest BCUT2D eigenvalue weighted by molar-refractivity contribution is 7.99. The Morgan fingerprint density at radius 1 is 0.938 bits per heavy atom. The largest absolute Gasteiger partial charge is 0.431 e. The minimum atomic E-state index is -0.0769. The van der Waals surface area contributed by atoms with Crippen molar-refractivity contribution in [2.45, 2.75) is 31.9 Å². The fraction of sp³-hybridized carbons (Fsp3) is 0.185. The SMILES string of the molecule is Cc1cccc(C(C)C)c1NC(=O)CSc1nc(-c2ccccc2)c(-c2ccccc2)o1. The van der Waals surface area contributed by atoms with Crippen LogP contribution in [0.25, 0.3) is 22.6 Å². The number of thioether (sulfide) groups is 1. The Kier molecular flexibility index (Phi) is 6.76. The highest BCUT2D eigenvalue weighted by Gasteiger charge is 2.18. The van der Waals surface area contributed by atoms with E-state index in [1.807, 2.05) is 79.7 Å². The first kappa shape index (κ1) is 21.9. The number of oxazole rings is 1. The maximum absolute atomic E-state index is 12.7. The third-order valence-corrected chi connectivity index (χ3v) is 6.04. The number of rotatable bonds is 7. The van der Waals surface area contributed by atoms with Gasteiger partial charge in [0.1, 0.15) is 5.69 Å². The topological polar surface area (TPSA) is 55.1 Å². The summed E-state index contributed by atoms with van der Waals surface area (Å²) in [5.74, 6) is 1.17. The maximum atomic E-state index is 12.7. The van der Waals surface area contributed by atoms with E-state index in [1.165, 1.54) is 11.8 Å². The summed E-state index contributed by atoms with van der Waals surface area (Å²) < 4.78 is 6.11. The highest BCUT2D eigenvalue weighted by Crippen LogP contribution is 2.35. The average molecular weight is 443 g/mol. The summed E-state index contributed by atoms with van der Waals surface area (Å²) in [5, 5.41) is 3.56. The van der Waals surface area contributed by atoms with Crippen LogP contribution in [-0.2, 0) is 4.79 Å². The normalized spacial score (nSPS) is 11.0. The molecule has 0 saturated heterocycles. The molecule has 0 aliphatic rings. The fourth-order valence-corrected chi connectivity index (χ4v) is 4.21. The van der Waals surface area contributed by atoms with Gasteiger partial charge in [-0.05, 0) is 24.0 Å². The van der Waals surface area contributed by atoms with Crippen molar-refractivity contribution in [1.29, 1.82) is 0 Å². The van der Waals surface area contributed by atoms with E-state index in [-0.39, 0.29) is 11.7 Å². The molecule has 1 amide bonds. The number of hydrogen-bond donors (Lipinski definition) is 1. The molecule has 5 heteroatoms. The second-order valence-electron chi connectivity index (χ2n) is 7.92. The molecule has 0 saturated carbocycles. The Hall–Kier alpha value is -3.31. The number of nitrogens with zero attached hydrogens (tertiary/aromatic N) is 1. The Bertz CT molecular complexity index is 1140. The summed E-state index contributed by atoms with van der Waals surface area (Å²) in [4.78, 5) is 17.5. The number of amides is 1. The lowest BCUT2D eigenvalue weighted by atomic mass is 9.98. The molecule has 0 radical (unpaired) electrons. The lowest BCUT2D eigenvalue weighted by molar-refractivity contribution is -0.113. The zero-order chi connectivity index (χ0) is 22.5. The number of para-hydroxylation sites is 1. The van der Waals surface area contributed by atoms with E-state index in [4.69, 9.17) is 9.40 Å². The van der Waals surface area contributed by atoms with Crippen LogP contribution in [0.4, 0.5) is 5.69 Å². The molecule has 32 heavy (non-hydrogen) atoms. The molecule has 4 nitrogen and oxygen atoms in total. The minimum absolute atomic E-state index is 0.0769. The van der Waals surface area contributed by atoms with Crippen molar-refractivity contribution in [3.63, 3.8) is 0 Å². The van der Waals surface area contributed by atoms with E-state index in [1.54, 1.807) is 0 Å². The van der Waals surface area contributed by atoms with Crippen molar-refractivity contribution in [1.82, 2.24) is 4.98 Å². The Morgan fingerprint density at radius 3 is 2.25 bits per heavy atom.